The maximum atomic E-state index is 11.4. The lowest BCUT2D eigenvalue weighted by Crippen LogP contribution is -2.32. The molecule has 80 valence electrons. The molecule has 5 nitrogen and oxygen atoms in total. The highest BCUT2D eigenvalue weighted by Gasteiger charge is 2.36. The van der Waals surface area contributed by atoms with Crippen LogP contribution in [-0.2, 0) is 14.3 Å². The highest BCUT2D eigenvalue weighted by atomic mass is 16.5. The van der Waals surface area contributed by atoms with Crippen molar-refractivity contribution in [1.29, 1.82) is 0 Å². The Bertz CT molecular complexity index is 241. The zero-order valence-corrected chi connectivity index (χ0v) is 8.40. The lowest BCUT2D eigenvalue weighted by atomic mass is 9.99. The quantitative estimate of drug-likeness (QED) is 0.687. The van der Waals surface area contributed by atoms with Crippen molar-refractivity contribution in [3.63, 3.8) is 0 Å². The van der Waals surface area contributed by atoms with E-state index in [2.05, 4.69) is 0 Å². The van der Waals surface area contributed by atoms with Gasteiger partial charge < -0.3 is 14.7 Å². The molecule has 0 aromatic heterocycles. The van der Waals surface area contributed by atoms with Crippen LogP contribution in [0.4, 0.5) is 0 Å². The smallest absolute Gasteiger partial charge is 0.308 e. The number of ether oxygens (including phenoxy) is 1. The van der Waals surface area contributed by atoms with Gasteiger partial charge in [0.1, 0.15) is 6.61 Å². The fourth-order valence-corrected chi connectivity index (χ4v) is 1.71. The van der Waals surface area contributed by atoms with E-state index in [4.69, 9.17) is 9.84 Å². The van der Waals surface area contributed by atoms with Gasteiger partial charge in [-0.1, -0.05) is 6.92 Å². The molecule has 2 atom stereocenters. The molecule has 0 spiro atoms. The predicted octanol–water partition coefficient (Wildman–Crippen LogP) is -0.188. The Hall–Kier alpha value is -1.10. The molecule has 0 aromatic rings. The number of rotatable bonds is 3. The number of nitrogens with zero attached hydrogens (tertiary/aromatic N) is 1. The lowest BCUT2D eigenvalue weighted by molar-refractivity contribution is -0.142. The SMILES string of the molecule is COCC(=O)N1C[C@@H](C)[C@H](C(=O)O)C1. The van der Waals surface area contributed by atoms with Gasteiger partial charge in [0.15, 0.2) is 0 Å². The van der Waals surface area contributed by atoms with Crippen LogP contribution in [0.3, 0.4) is 0 Å². The van der Waals surface area contributed by atoms with Crippen LogP contribution in [0.15, 0.2) is 0 Å². The molecule has 1 heterocycles. The molecule has 0 radical (unpaired) electrons. The molecule has 0 bridgehead atoms. The summed E-state index contributed by atoms with van der Waals surface area (Å²) < 4.78 is 4.71. The standard InChI is InChI=1S/C9H15NO4/c1-6-3-10(8(11)5-14-2)4-7(6)9(12)13/h6-7H,3-5H2,1-2H3,(H,12,13)/t6-,7-/m1/s1. The number of carbonyl (C=O) groups excluding carboxylic acids is 1. The monoisotopic (exact) mass is 201 g/mol. The number of methoxy groups -OCH3 is 1. The third-order valence-corrected chi connectivity index (χ3v) is 2.55. The molecule has 14 heavy (non-hydrogen) atoms. The first-order valence-electron chi connectivity index (χ1n) is 4.55. The molecule has 1 N–H and O–H groups in total. The second kappa shape index (κ2) is 4.41. The van der Waals surface area contributed by atoms with Crippen molar-refractivity contribution in [1.82, 2.24) is 4.90 Å². The second-order valence-corrected chi connectivity index (χ2v) is 3.65. The summed E-state index contributed by atoms with van der Waals surface area (Å²) in [6, 6.07) is 0. The number of hydrogen-bond donors (Lipinski definition) is 1. The Balaban J connectivity index is 2.54. The van der Waals surface area contributed by atoms with Gasteiger partial charge in [0, 0.05) is 20.2 Å². The van der Waals surface area contributed by atoms with Crippen LogP contribution in [0.25, 0.3) is 0 Å². The molecule has 0 aromatic carbocycles. The maximum absolute atomic E-state index is 11.4. The van der Waals surface area contributed by atoms with Gasteiger partial charge in [-0.25, -0.2) is 0 Å². The molecule has 0 saturated carbocycles. The van der Waals surface area contributed by atoms with Gasteiger partial charge in [0.2, 0.25) is 5.91 Å². The summed E-state index contributed by atoms with van der Waals surface area (Å²) >= 11 is 0. The third-order valence-electron chi connectivity index (χ3n) is 2.55. The fourth-order valence-electron chi connectivity index (χ4n) is 1.71. The number of amides is 1. The Morgan fingerprint density at radius 1 is 1.50 bits per heavy atom. The summed E-state index contributed by atoms with van der Waals surface area (Å²) in [6.45, 7) is 2.69. The van der Waals surface area contributed by atoms with E-state index in [1.807, 2.05) is 6.92 Å². The van der Waals surface area contributed by atoms with Crippen molar-refractivity contribution >= 4 is 11.9 Å². The van der Waals surface area contributed by atoms with Crippen LogP contribution in [0.2, 0.25) is 0 Å². The third kappa shape index (κ3) is 2.23. The molecular formula is C9H15NO4. The maximum Gasteiger partial charge on any atom is 0.308 e. The number of carbonyl (C=O) groups is 2. The first-order chi connectivity index (χ1) is 6.56. The van der Waals surface area contributed by atoms with E-state index in [0.717, 1.165) is 0 Å². The van der Waals surface area contributed by atoms with Gasteiger partial charge in [-0.15, -0.1) is 0 Å². The fraction of sp³-hybridized carbons (Fsp3) is 0.778. The molecule has 5 heteroatoms. The number of carboxylic acids is 1. The zero-order valence-electron chi connectivity index (χ0n) is 8.40. The van der Waals surface area contributed by atoms with Crippen molar-refractivity contribution in [2.24, 2.45) is 11.8 Å². The second-order valence-electron chi connectivity index (χ2n) is 3.65. The Morgan fingerprint density at radius 3 is 2.57 bits per heavy atom. The molecule has 1 aliphatic rings. The number of aliphatic carboxylic acids is 1. The number of hydrogen-bond acceptors (Lipinski definition) is 3. The molecular weight excluding hydrogens is 186 g/mol. The van der Waals surface area contributed by atoms with E-state index < -0.39 is 11.9 Å². The van der Waals surface area contributed by atoms with Gasteiger partial charge in [-0.05, 0) is 5.92 Å². The lowest BCUT2D eigenvalue weighted by Gasteiger charge is -2.14. The highest BCUT2D eigenvalue weighted by molar-refractivity contribution is 5.79. The summed E-state index contributed by atoms with van der Waals surface area (Å²) in [4.78, 5) is 23.7. The van der Waals surface area contributed by atoms with Crippen molar-refractivity contribution in [3.05, 3.63) is 0 Å². The summed E-state index contributed by atoms with van der Waals surface area (Å²) in [5.74, 6) is -1.38. The van der Waals surface area contributed by atoms with Crippen LogP contribution in [0, 0.1) is 11.8 Å². The summed E-state index contributed by atoms with van der Waals surface area (Å²) in [5.41, 5.74) is 0. The minimum absolute atomic E-state index is 0.0216. The normalized spacial score (nSPS) is 26.6. The number of likely N-dealkylation sites (tertiary alicyclic amines) is 1. The van der Waals surface area contributed by atoms with E-state index in [-0.39, 0.29) is 18.4 Å². The van der Waals surface area contributed by atoms with Crippen LogP contribution in [-0.4, -0.2) is 48.7 Å². The summed E-state index contributed by atoms with van der Waals surface area (Å²) in [7, 11) is 1.45. The van der Waals surface area contributed by atoms with Crippen LogP contribution >= 0.6 is 0 Å². The summed E-state index contributed by atoms with van der Waals surface area (Å²) in [5, 5.41) is 8.84. The minimum atomic E-state index is -0.829. The van der Waals surface area contributed by atoms with Crippen LogP contribution < -0.4 is 0 Å². The number of carboxylic acid groups (broad SMARTS) is 1. The molecule has 1 amide bonds. The van der Waals surface area contributed by atoms with Gasteiger partial charge >= 0.3 is 5.97 Å². The van der Waals surface area contributed by atoms with Crippen molar-refractivity contribution in [3.8, 4) is 0 Å². The first-order valence-corrected chi connectivity index (χ1v) is 4.55. The minimum Gasteiger partial charge on any atom is -0.481 e. The highest BCUT2D eigenvalue weighted by Crippen LogP contribution is 2.22. The molecule has 1 rings (SSSR count). The largest absolute Gasteiger partial charge is 0.481 e. The van der Waals surface area contributed by atoms with E-state index in [0.29, 0.717) is 13.1 Å². The van der Waals surface area contributed by atoms with E-state index in [9.17, 15) is 9.59 Å². The van der Waals surface area contributed by atoms with Crippen molar-refractivity contribution in [2.45, 2.75) is 6.92 Å². The average molecular weight is 201 g/mol. The first kappa shape index (κ1) is 11.0. The van der Waals surface area contributed by atoms with Crippen molar-refractivity contribution < 1.29 is 19.4 Å². The molecule has 0 unspecified atom stereocenters. The molecule has 1 fully saturated rings. The Labute approximate surface area is 82.6 Å². The Kier molecular flexibility index (Phi) is 3.46. The van der Waals surface area contributed by atoms with Gasteiger partial charge in [0.05, 0.1) is 5.92 Å². The van der Waals surface area contributed by atoms with E-state index in [1.54, 1.807) is 4.90 Å². The molecule has 0 aliphatic carbocycles. The van der Waals surface area contributed by atoms with E-state index in [1.165, 1.54) is 7.11 Å². The van der Waals surface area contributed by atoms with Gasteiger partial charge in [0.25, 0.3) is 0 Å². The van der Waals surface area contributed by atoms with Gasteiger partial charge in [-0.2, -0.15) is 0 Å². The van der Waals surface area contributed by atoms with Crippen molar-refractivity contribution in [2.75, 3.05) is 26.8 Å². The van der Waals surface area contributed by atoms with Gasteiger partial charge in [-0.3, -0.25) is 9.59 Å². The Morgan fingerprint density at radius 2 is 2.14 bits per heavy atom. The molecule has 1 saturated heterocycles. The van der Waals surface area contributed by atoms with Crippen LogP contribution in [0.5, 0.6) is 0 Å². The average Bonchev–Trinajstić information content (AvgIpc) is 2.48. The molecule has 1 aliphatic heterocycles. The predicted molar refractivity (Wildman–Crippen MR) is 48.7 cm³/mol. The topological polar surface area (TPSA) is 66.8 Å². The summed E-state index contributed by atoms with van der Waals surface area (Å²) in [6.07, 6.45) is 0. The van der Waals surface area contributed by atoms with Crippen LogP contribution in [0.1, 0.15) is 6.92 Å². The van der Waals surface area contributed by atoms with E-state index >= 15 is 0 Å². The zero-order chi connectivity index (χ0) is 10.7.